The number of nitrogens with one attached hydrogen (secondary N) is 2. The fourth-order valence-corrected chi connectivity index (χ4v) is 4.36. The molecule has 2 aliphatic rings. The Morgan fingerprint density at radius 1 is 1.16 bits per heavy atom. The topological polar surface area (TPSA) is 78.4 Å². The van der Waals surface area contributed by atoms with E-state index in [1.807, 2.05) is 12.2 Å². The number of hydrogen-bond acceptors (Lipinski definition) is 3. The van der Waals surface area contributed by atoms with Gasteiger partial charge in [-0.2, -0.15) is 13.2 Å². The predicted octanol–water partition coefficient (Wildman–Crippen LogP) is 4.74. The Labute approximate surface area is 177 Å². The zero-order chi connectivity index (χ0) is 22.2. The van der Waals surface area contributed by atoms with E-state index in [1.165, 1.54) is 12.1 Å². The maximum absolute atomic E-state index is 13.2. The average molecular weight is 430 g/mol. The van der Waals surface area contributed by atoms with Gasteiger partial charge in [0.15, 0.2) is 0 Å². The summed E-state index contributed by atoms with van der Waals surface area (Å²) < 4.78 is 39.6. The summed E-state index contributed by atoms with van der Waals surface area (Å²) in [5.74, 6) is -1.35. The molecule has 0 saturated heterocycles. The molecule has 3 atom stereocenters. The number of fused-ring (bicyclic) bond motifs is 3. The molecule has 4 rings (SSSR count). The lowest BCUT2D eigenvalue weighted by molar-refractivity contribution is -0.138. The fraction of sp³-hybridized carbons (Fsp3) is 0.304. The average Bonchev–Trinajstić information content (AvgIpc) is 3.22. The summed E-state index contributed by atoms with van der Waals surface area (Å²) in [4.78, 5) is 23.0. The van der Waals surface area contributed by atoms with Crippen LogP contribution in [0.25, 0.3) is 0 Å². The quantitative estimate of drug-likeness (QED) is 0.599. The van der Waals surface area contributed by atoms with E-state index < -0.39 is 17.7 Å². The fourth-order valence-electron chi connectivity index (χ4n) is 4.36. The van der Waals surface area contributed by atoms with Gasteiger partial charge in [0.2, 0.25) is 0 Å². The van der Waals surface area contributed by atoms with Gasteiger partial charge in [-0.05, 0) is 53.8 Å². The molecular weight excluding hydrogens is 409 g/mol. The predicted molar refractivity (Wildman–Crippen MR) is 109 cm³/mol. The summed E-state index contributed by atoms with van der Waals surface area (Å²) in [7, 11) is 0. The number of halogens is 3. The Hall–Kier alpha value is -3.29. The number of amides is 1. The number of hydrogen-bond donors (Lipinski definition) is 3. The summed E-state index contributed by atoms with van der Waals surface area (Å²) in [5.41, 5.74) is 2.01. The highest BCUT2D eigenvalue weighted by Gasteiger charge is 2.39. The maximum atomic E-state index is 13.2. The van der Waals surface area contributed by atoms with Crippen molar-refractivity contribution in [3.8, 4) is 0 Å². The minimum absolute atomic E-state index is 0.0254. The zero-order valence-electron chi connectivity index (χ0n) is 16.4. The first-order valence-corrected chi connectivity index (χ1v) is 9.98. The van der Waals surface area contributed by atoms with Crippen molar-refractivity contribution in [1.29, 1.82) is 0 Å². The highest BCUT2D eigenvalue weighted by molar-refractivity contribution is 5.95. The van der Waals surface area contributed by atoms with Crippen molar-refractivity contribution in [2.45, 2.75) is 31.0 Å². The normalized spacial score (nSPS) is 21.7. The van der Waals surface area contributed by atoms with Crippen LogP contribution in [-0.4, -0.2) is 23.5 Å². The molecule has 0 bridgehead atoms. The Balaban J connectivity index is 1.61. The molecule has 0 spiro atoms. The smallest absolute Gasteiger partial charge is 0.416 e. The summed E-state index contributed by atoms with van der Waals surface area (Å²) in [5, 5.41) is 14.7. The van der Waals surface area contributed by atoms with Crippen LogP contribution in [0.3, 0.4) is 0 Å². The van der Waals surface area contributed by atoms with E-state index in [-0.39, 0.29) is 36.8 Å². The number of carbonyl (C=O) groups is 2. The van der Waals surface area contributed by atoms with Crippen molar-refractivity contribution in [2.75, 3.05) is 11.9 Å². The minimum atomic E-state index is -4.40. The van der Waals surface area contributed by atoms with Gasteiger partial charge in [0.1, 0.15) is 0 Å². The summed E-state index contributed by atoms with van der Waals surface area (Å²) in [6.07, 6.45) is 0.208. The van der Waals surface area contributed by atoms with Crippen LogP contribution in [0.4, 0.5) is 18.9 Å². The van der Waals surface area contributed by atoms with E-state index in [1.54, 1.807) is 24.3 Å². The van der Waals surface area contributed by atoms with Crippen LogP contribution in [0.5, 0.6) is 0 Å². The zero-order valence-corrected chi connectivity index (χ0v) is 16.4. The molecule has 1 aliphatic carbocycles. The second-order valence-electron chi connectivity index (χ2n) is 7.80. The van der Waals surface area contributed by atoms with Crippen molar-refractivity contribution >= 4 is 17.6 Å². The van der Waals surface area contributed by atoms with Gasteiger partial charge in [-0.25, -0.2) is 0 Å². The molecule has 162 valence electrons. The van der Waals surface area contributed by atoms with E-state index in [4.69, 9.17) is 5.11 Å². The lowest BCUT2D eigenvalue weighted by Gasteiger charge is -2.38. The number of carboxylic acid groups (broad SMARTS) is 1. The largest absolute Gasteiger partial charge is 0.481 e. The number of benzene rings is 2. The Bertz CT molecular complexity index is 1050. The number of aliphatic carboxylic acids is 1. The number of allylic oxidation sites excluding steroid dienone is 2. The van der Waals surface area contributed by atoms with Crippen molar-refractivity contribution in [1.82, 2.24) is 5.32 Å². The van der Waals surface area contributed by atoms with Crippen LogP contribution in [0, 0.1) is 5.92 Å². The minimum Gasteiger partial charge on any atom is -0.481 e. The number of carbonyl (C=O) groups excluding carboxylic acids is 1. The monoisotopic (exact) mass is 430 g/mol. The SMILES string of the molecule is O=C(O)CCNC(=O)c1ccc2c(c1)[C@@H]1C=CC[C@@H]1[C@H](c1cccc(C(F)(F)F)c1)N2. The third kappa shape index (κ3) is 4.28. The van der Waals surface area contributed by atoms with Crippen molar-refractivity contribution in [2.24, 2.45) is 5.92 Å². The molecule has 31 heavy (non-hydrogen) atoms. The van der Waals surface area contributed by atoms with Gasteiger partial charge >= 0.3 is 12.1 Å². The molecule has 2 aromatic rings. The molecule has 0 radical (unpaired) electrons. The molecule has 0 saturated carbocycles. The molecule has 8 heteroatoms. The number of anilines is 1. The summed E-state index contributed by atoms with van der Waals surface area (Å²) in [6, 6.07) is 10.3. The first-order valence-electron chi connectivity index (χ1n) is 9.98. The molecule has 0 aromatic heterocycles. The highest BCUT2D eigenvalue weighted by Crippen LogP contribution is 2.50. The van der Waals surface area contributed by atoms with E-state index in [9.17, 15) is 22.8 Å². The van der Waals surface area contributed by atoms with Gasteiger partial charge in [-0.15, -0.1) is 0 Å². The van der Waals surface area contributed by atoms with Gasteiger partial charge in [-0.1, -0.05) is 24.3 Å². The first kappa shape index (κ1) is 21.0. The Morgan fingerprint density at radius 2 is 1.97 bits per heavy atom. The van der Waals surface area contributed by atoms with Gasteiger partial charge in [-0.3, -0.25) is 9.59 Å². The molecule has 1 aliphatic heterocycles. The molecule has 0 unspecified atom stereocenters. The summed E-state index contributed by atoms with van der Waals surface area (Å²) in [6.45, 7) is 0.0348. The molecule has 1 heterocycles. The van der Waals surface area contributed by atoms with Crippen LogP contribution in [0.1, 0.15) is 51.8 Å². The van der Waals surface area contributed by atoms with Crippen LogP contribution in [0.15, 0.2) is 54.6 Å². The second-order valence-corrected chi connectivity index (χ2v) is 7.80. The van der Waals surface area contributed by atoms with Crippen LogP contribution in [-0.2, 0) is 11.0 Å². The third-order valence-electron chi connectivity index (χ3n) is 5.82. The molecule has 3 N–H and O–H groups in total. The van der Waals surface area contributed by atoms with Gasteiger partial charge in [0, 0.05) is 23.7 Å². The molecule has 1 amide bonds. The highest BCUT2D eigenvalue weighted by atomic mass is 19.4. The van der Waals surface area contributed by atoms with Crippen LogP contribution in [0.2, 0.25) is 0 Å². The van der Waals surface area contributed by atoms with Gasteiger partial charge in [0.25, 0.3) is 5.91 Å². The molecule has 5 nitrogen and oxygen atoms in total. The van der Waals surface area contributed by atoms with Gasteiger partial charge < -0.3 is 15.7 Å². The van der Waals surface area contributed by atoms with Crippen molar-refractivity contribution < 1.29 is 27.9 Å². The standard InChI is InChI=1S/C23H21F3N2O3/c24-23(25,26)15-4-1-3-13(11-15)21-17-6-2-5-16(17)18-12-14(7-8-19(18)28-21)22(31)27-10-9-20(29)30/h1-5,7-8,11-12,16-17,21,28H,6,9-10H2,(H,27,31)(H,29,30)/t16-,17+,21+/m1/s1. The third-order valence-corrected chi connectivity index (χ3v) is 5.82. The summed E-state index contributed by atoms with van der Waals surface area (Å²) >= 11 is 0. The van der Waals surface area contributed by atoms with Crippen LogP contribution >= 0.6 is 0 Å². The molecule has 0 fully saturated rings. The molecular formula is C23H21F3N2O3. The first-order chi connectivity index (χ1) is 14.7. The maximum Gasteiger partial charge on any atom is 0.416 e. The number of carboxylic acids is 1. The van der Waals surface area contributed by atoms with E-state index in [0.717, 1.165) is 17.3 Å². The lowest BCUT2D eigenvalue weighted by atomic mass is 9.76. The second kappa shape index (κ2) is 8.09. The van der Waals surface area contributed by atoms with Crippen molar-refractivity contribution in [3.63, 3.8) is 0 Å². The van der Waals surface area contributed by atoms with Gasteiger partial charge in [0.05, 0.1) is 18.0 Å². The van der Waals surface area contributed by atoms with E-state index in [0.29, 0.717) is 17.5 Å². The Morgan fingerprint density at radius 3 is 2.71 bits per heavy atom. The molecule has 2 aromatic carbocycles. The van der Waals surface area contributed by atoms with Crippen LogP contribution < -0.4 is 10.6 Å². The van der Waals surface area contributed by atoms with E-state index in [2.05, 4.69) is 10.6 Å². The lowest BCUT2D eigenvalue weighted by Crippen LogP contribution is -2.30. The number of alkyl halides is 3. The Kier molecular flexibility index (Phi) is 5.47. The van der Waals surface area contributed by atoms with E-state index >= 15 is 0 Å². The van der Waals surface area contributed by atoms with Crippen molar-refractivity contribution in [3.05, 3.63) is 76.9 Å². The number of rotatable bonds is 5.